The molecule has 7 rings (SSSR count). The number of nitrogens with zero attached hydrogens (tertiary/aromatic N) is 5. The van der Waals surface area contributed by atoms with E-state index in [9.17, 15) is 0 Å². The Kier molecular flexibility index (Phi) is 5.01. The second kappa shape index (κ2) is 8.50. The number of aromatic amines is 1. The molecule has 0 spiro atoms. The Morgan fingerprint density at radius 1 is 0.829 bits per heavy atom. The van der Waals surface area contributed by atoms with Crippen LogP contribution in [0.3, 0.4) is 0 Å². The van der Waals surface area contributed by atoms with E-state index in [0.29, 0.717) is 23.9 Å². The zero-order valence-corrected chi connectivity index (χ0v) is 19.5. The first-order valence-electron chi connectivity index (χ1n) is 12.6. The first kappa shape index (κ1) is 20.6. The van der Waals surface area contributed by atoms with E-state index in [2.05, 4.69) is 91.1 Å². The van der Waals surface area contributed by atoms with Gasteiger partial charge in [-0.15, -0.1) is 5.10 Å². The summed E-state index contributed by atoms with van der Waals surface area (Å²) in [5, 5.41) is 14.4. The summed E-state index contributed by atoms with van der Waals surface area (Å²) in [5.74, 6) is 2.41. The molecule has 2 bridgehead atoms. The van der Waals surface area contributed by atoms with Gasteiger partial charge in [-0.3, -0.25) is 4.90 Å². The quantitative estimate of drug-likeness (QED) is 0.429. The molecule has 1 unspecified atom stereocenters. The third-order valence-corrected chi connectivity index (χ3v) is 7.91. The number of tetrazole rings is 1. The molecule has 1 aromatic heterocycles. The van der Waals surface area contributed by atoms with Crippen molar-refractivity contribution in [2.75, 3.05) is 11.4 Å². The summed E-state index contributed by atoms with van der Waals surface area (Å²) in [6, 6.07) is 27.3. The van der Waals surface area contributed by atoms with Gasteiger partial charge < -0.3 is 9.64 Å². The average Bonchev–Trinajstić information content (AvgIpc) is 3.52. The Balaban J connectivity index is 1.18. The van der Waals surface area contributed by atoms with Crippen LogP contribution in [0, 0.1) is 0 Å². The predicted molar refractivity (Wildman–Crippen MR) is 135 cm³/mol. The van der Waals surface area contributed by atoms with Crippen LogP contribution in [0.25, 0.3) is 11.4 Å². The molecule has 3 aliphatic rings. The van der Waals surface area contributed by atoms with E-state index in [-0.39, 0.29) is 0 Å². The number of H-pyrrole nitrogens is 1. The number of hydrogen-bond donors (Lipinski definition) is 1. The topological polar surface area (TPSA) is 70.2 Å². The number of nitrogens with one attached hydrogen (secondary N) is 1. The van der Waals surface area contributed by atoms with Gasteiger partial charge in [0, 0.05) is 30.2 Å². The molecule has 7 heteroatoms. The average molecular weight is 465 g/mol. The molecule has 0 radical (unpaired) electrons. The second-order valence-corrected chi connectivity index (χ2v) is 9.86. The number of rotatable bonds is 5. The normalized spacial score (nSPS) is 23.0. The van der Waals surface area contributed by atoms with Crippen LogP contribution < -0.4 is 9.64 Å². The van der Waals surface area contributed by atoms with Crippen molar-refractivity contribution >= 4 is 11.4 Å². The summed E-state index contributed by atoms with van der Waals surface area (Å²) in [6.45, 7) is 1.15. The first-order valence-corrected chi connectivity index (χ1v) is 12.6. The fourth-order valence-electron chi connectivity index (χ4n) is 6.33. The van der Waals surface area contributed by atoms with Gasteiger partial charge in [-0.05, 0) is 78.4 Å². The smallest absolute Gasteiger partial charge is 0.179 e. The second-order valence-electron chi connectivity index (χ2n) is 9.86. The van der Waals surface area contributed by atoms with Gasteiger partial charge in [0.25, 0.3) is 0 Å². The van der Waals surface area contributed by atoms with E-state index in [0.717, 1.165) is 41.4 Å². The van der Waals surface area contributed by atoms with Crippen LogP contribution in [-0.4, -0.2) is 50.2 Å². The number of fused-ring (bicyclic) bond motifs is 4. The molecule has 4 heterocycles. The van der Waals surface area contributed by atoms with Crippen LogP contribution in [0.2, 0.25) is 0 Å². The molecule has 176 valence electrons. The molecule has 3 aromatic carbocycles. The van der Waals surface area contributed by atoms with E-state index < -0.39 is 0 Å². The van der Waals surface area contributed by atoms with Gasteiger partial charge in [-0.25, -0.2) is 5.10 Å². The predicted octanol–water partition coefficient (Wildman–Crippen LogP) is 5.35. The van der Waals surface area contributed by atoms with Crippen molar-refractivity contribution in [3.8, 4) is 22.9 Å². The molecule has 7 nitrogen and oxygen atoms in total. The van der Waals surface area contributed by atoms with Crippen LogP contribution in [0.4, 0.5) is 11.4 Å². The maximum atomic E-state index is 6.38. The minimum Gasteiger partial charge on any atom is -0.453 e. The summed E-state index contributed by atoms with van der Waals surface area (Å²) in [6.07, 6.45) is 6.07. The molecule has 2 fully saturated rings. The number of hydrogen-bond acceptors (Lipinski definition) is 6. The lowest BCUT2D eigenvalue weighted by atomic mass is 9.93. The van der Waals surface area contributed by atoms with Crippen LogP contribution >= 0.6 is 0 Å². The monoisotopic (exact) mass is 464 g/mol. The Morgan fingerprint density at radius 2 is 1.60 bits per heavy atom. The SMILES string of the molecule is c1ccc(CCN2[C@@H]3CC[C@H]2CC(N2c4ccccc4Oc4cc(-c5nnn[nH]5)ccc42)C3)cc1. The molecule has 0 saturated carbocycles. The van der Waals surface area contributed by atoms with Crippen LogP contribution in [0.1, 0.15) is 31.2 Å². The zero-order valence-electron chi connectivity index (χ0n) is 19.5. The van der Waals surface area contributed by atoms with Crippen molar-refractivity contribution in [2.24, 2.45) is 0 Å². The fourth-order valence-corrected chi connectivity index (χ4v) is 6.33. The standard InChI is InChI=1S/C28H28N6O/c1-2-6-19(7-3-1)14-15-33-21-11-12-22(33)18-23(17-21)34-24-8-4-5-9-26(24)35-27-16-20(10-13-25(27)34)28-29-31-32-30-28/h1-10,13,16,21-23H,11-12,14-15,17-18H2,(H,29,30,31,32)/t21-,22+,23?. The molecule has 3 aliphatic heterocycles. The first-order chi connectivity index (χ1) is 17.3. The maximum Gasteiger partial charge on any atom is 0.179 e. The third-order valence-electron chi connectivity index (χ3n) is 7.91. The van der Waals surface area contributed by atoms with Crippen LogP contribution in [0.15, 0.2) is 72.8 Å². The van der Waals surface area contributed by atoms with E-state index in [4.69, 9.17) is 4.74 Å². The molecule has 4 aromatic rings. The third kappa shape index (κ3) is 3.67. The van der Waals surface area contributed by atoms with E-state index >= 15 is 0 Å². The number of benzene rings is 3. The van der Waals surface area contributed by atoms with Gasteiger partial charge in [0.2, 0.25) is 0 Å². The Labute approximate surface area is 204 Å². The van der Waals surface area contributed by atoms with Gasteiger partial charge in [-0.2, -0.15) is 0 Å². The fraction of sp³-hybridized carbons (Fsp3) is 0.321. The van der Waals surface area contributed by atoms with Crippen molar-refractivity contribution in [2.45, 2.75) is 50.2 Å². The van der Waals surface area contributed by atoms with E-state index in [1.165, 1.54) is 31.2 Å². The largest absolute Gasteiger partial charge is 0.453 e. The molecule has 0 amide bonds. The number of piperidine rings is 1. The maximum absolute atomic E-state index is 6.38. The molecule has 2 saturated heterocycles. The Morgan fingerprint density at radius 3 is 2.40 bits per heavy atom. The van der Waals surface area contributed by atoms with Crippen molar-refractivity contribution in [1.29, 1.82) is 0 Å². The number of aromatic nitrogens is 4. The molecule has 35 heavy (non-hydrogen) atoms. The molecule has 1 N–H and O–H groups in total. The summed E-state index contributed by atoms with van der Waals surface area (Å²) in [5.41, 5.74) is 4.64. The summed E-state index contributed by atoms with van der Waals surface area (Å²) in [7, 11) is 0. The lowest BCUT2D eigenvalue weighted by Crippen LogP contribution is -2.50. The zero-order chi connectivity index (χ0) is 23.2. The van der Waals surface area contributed by atoms with E-state index in [1.54, 1.807) is 0 Å². The highest BCUT2D eigenvalue weighted by molar-refractivity contribution is 5.80. The highest BCUT2D eigenvalue weighted by Crippen LogP contribution is 2.51. The number of anilines is 2. The minimum atomic E-state index is 0.446. The highest BCUT2D eigenvalue weighted by Gasteiger charge is 2.44. The van der Waals surface area contributed by atoms with Crippen molar-refractivity contribution in [1.82, 2.24) is 25.5 Å². The molecular weight excluding hydrogens is 436 g/mol. The lowest BCUT2D eigenvalue weighted by molar-refractivity contribution is 0.129. The minimum absolute atomic E-state index is 0.446. The van der Waals surface area contributed by atoms with Crippen molar-refractivity contribution < 1.29 is 4.74 Å². The van der Waals surface area contributed by atoms with Crippen molar-refractivity contribution in [3.05, 3.63) is 78.4 Å². The van der Waals surface area contributed by atoms with Gasteiger partial charge in [0.05, 0.1) is 11.4 Å². The van der Waals surface area contributed by atoms with Gasteiger partial charge in [0.15, 0.2) is 17.3 Å². The molecule has 0 aliphatic carbocycles. The van der Waals surface area contributed by atoms with E-state index in [1.807, 2.05) is 12.1 Å². The molecular formula is C28H28N6O. The van der Waals surface area contributed by atoms with Crippen molar-refractivity contribution in [3.63, 3.8) is 0 Å². The Hall–Kier alpha value is -3.71. The number of ether oxygens (including phenoxy) is 1. The van der Waals surface area contributed by atoms with Gasteiger partial charge >= 0.3 is 0 Å². The summed E-state index contributed by atoms with van der Waals surface area (Å²) in [4.78, 5) is 5.33. The summed E-state index contributed by atoms with van der Waals surface area (Å²) >= 11 is 0. The van der Waals surface area contributed by atoms with Crippen LogP contribution in [-0.2, 0) is 6.42 Å². The highest BCUT2D eigenvalue weighted by atomic mass is 16.5. The Bertz CT molecular complexity index is 1310. The molecule has 3 atom stereocenters. The lowest BCUT2D eigenvalue weighted by Gasteiger charge is -2.46. The van der Waals surface area contributed by atoms with Gasteiger partial charge in [-0.1, -0.05) is 42.5 Å². The van der Waals surface area contributed by atoms with Gasteiger partial charge in [0.1, 0.15) is 0 Å². The summed E-state index contributed by atoms with van der Waals surface area (Å²) < 4.78 is 6.38. The van der Waals surface area contributed by atoms with Crippen LogP contribution in [0.5, 0.6) is 11.5 Å². The number of para-hydroxylation sites is 2.